The van der Waals surface area contributed by atoms with Crippen LogP contribution in [0, 0.1) is 5.92 Å². The topological polar surface area (TPSA) is 45.6 Å². The molecule has 1 aromatic carbocycles. The molecule has 1 heterocycles. The Hall–Kier alpha value is -1.91. The van der Waals surface area contributed by atoms with E-state index in [2.05, 4.69) is 37.0 Å². The highest BCUT2D eigenvalue weighted by molar-refractivity contribution is 5.45. The number of hydrogen-bond acceptors (Lipinski definition) is 4. The minimum Gasteiger partial charge on any atom is -0.497 e. The molecule has 0 bridgehead atoms. The van der Waals surface area contributed by atoms with E-state index in [4.69, 9.17) is 4.74 Å². The number of methoxy groups -OCH3 is 1. The third-order valence-electron chi connectivity index (χ3n) is 5.55. The Bertz CT molecular complexity index is 717. The molecule has 3 rings (SSSR count). The van der Waals surface area contributed by atoms with Crippen LogP contribution in [0.2, 0.25) is 0 Å². The number of fused-ring (bicyclic) bond motifs is 1. The third-order valence-corrected chi connectivity index (χ3v) is 5.55. The van der Waals surface area contributed by atoms with E-state index in [9.17, 15) is 5.11 Å². The van der Waals surface area contributed by atoms with Crippen molar-refractivity contribution in [1.29, 1.82) is 0 Å². The van der Waals surface area contributed by atoms with E-state index in [1.165, 1.54) is 5.56 Å². The second-order valence-electron chi connectivity index (χ2n) is 7.32. The summed E-state index contributed by atoms with van der Waals surface area (Å²) in [5, 5.41) is 11.9. The smallest absolute Gasteiger partial charge is 0.119 e. The summed E-state index contributed by atoms with van der Waals surface area (Å²) in [5.41, 5.74) is 2.23. The van der Waals surface area contributed by atoms with Gasteiger partial charge >= 0.3 is 0 Å². The van der Waals surface area contributed by atoms with Crippen LogP contribution in [0.25, 0.3) is 0 Å². The van der Waals surface area contributed by atoms with Crippen molar-refractivity contribution in [2.75, 3.05) is 27.7 Å². The van der Waals surface area contributed by atoms with Crippen molar-refractivity contribution in [2.45, 2.75) is 31.3 Å². The molecule has 0 saturated carbocycles. The van der Waals surface area contributed by atoms with Crippen molar-refractivity contribution in [2.24, 2.45) is 5.92 Å². The van der Waals surface area contributed by atoms with Crippen LogP contribution < -0.4 is 4.74 Å². The van der Waals surface area contributed by atoms with Crippen molar-refractivity contribution in [3.8, 4) is 5.75 Å². The van der Waals surface area contributed by atoms with Crippen molar-refractivity contribution in [1.82, 2.24) is 9.88 Å². The lowest BCUT2D eigenvalue weighted by Gasteiger charge is -2.37. The van der Waals surface area contributed by atoms with Gasteiger partial charge in [-0.25, -0.2) is 0 Å². The van der Waals surface area contributed by atoms with E-state index in [-0.39, 0.29) is 11.8 Å². The number of benzene rings is 1. The molecule has 3 unspecified atom stereocenters. The van der Waals surface area contributed by atoms with Crippen LogP contribution in [0.5, 0.6) is 5.75 Å². The van der Waals surface area contributed by atoms with Crippen LogP contribution in [-0.2, 0) is 12.0 Å². The molecule has 0 saturated heterocycles. The molecule has 25 heavy (non-hydrogen) atoms. The highest BCUT2D eigenvalue weighted by Crippen LogP contribution is 2.51. The van der Waals surface area contributed by atoms with E-state index < -0.39 is 5.60 Å². The summed E-state index contributed by atoms with van der Waals surface area (Å²) in [6.07, 6.45) is 3.61. The molecule has 0 spiro atoms. The van der Waals surface area contributed by atoms with Gasteiger partial charge in [0.15, 0.2) is 0 Å². The predicted octanol–water partition coefficient (Wildman–Crippen LogP) is 3.21. The Morgan fingerprint density at radius 1 is 1.32 bits per heavy atom. The molecular formula is C21H28N2O2. The molecule has 2 aromatic rings. The van der Waals surface area contributed by atoms with Crippen LogP contribution in [0.3, 0.4) is 0 Å². The summed E-state index contributed by atoms with van der Waals surface area (Å²) in [5.74, 6) is 0.935. The Kier molecular flexibility index (Phi) is 5.11. The molecule has 134 valence electrons. The van der Waals surface area contributed by atoms with Gasteiger partial charge in [0.2, 0.25) is 0 Å². The SMILES string of the molecule is COc1ccc2c(c1)CC(CCN(C)C)C2(O)C(C)c1ccccn1. The summed E-state index contributed by atoms with van der Waals surface area (Å²) in [4.78, 5) is 6.69. The number of ether oxygens (including phenoxy) is 1. The average Bonchev–Trinajstić information content (AvgIpc) is 2.92. The van der Waals surface area contributed by atoms with Crippen molar-refractivity contribution < 1.29 is 9.84 Å². The van der Waals surface area contributed by atoms with Crippen LogP contribution in [0.15, 0.2) is 42.6 Å². The third kappa shape index (κ3) is 3.29. The Morgan fingerprint density at radius 2 is 2.12 bits per heavy atom. The first-order chi connectivity index (χ1) is 12.0. The number of aliphatic hydroxyl groups is 1. The number of aromatic nitrogens is 1. The van der Waals surface area contributed by atoms with Crippen molar-refractivity contribution >= 4 is 0 Å². The summed E-state index contributed by atoms with van der Waals surface area (Å²) in [6.45, 7) is 3.04. The van der Waals surface area contributed by atoms with Gasteiger partial charge < -0.3 is 14.7 Å². The quantitative estimate of drug-likeness (QED) is 0.877. The molecule has 0 amide bonds. The fourth-order valence-corrected chi connectivity index (χ4v) is 4.08. The van der Waals surface area contributed by atoms with Gasteiger partial charge in [0.25, 0.3) is 0 Å². The molecule has 4 nitrogen and oxygen atoms in total. The molecule has 4 heteroatoms. The molecule has 1 N–H and O–H groups in total. The maximum absolute atomic E-state index is 11.9. The Labute approximate surface area is 150 Å². The lowest BCUT2D eigenvalue weighted by molar-refractivity contribution is -0.0388. The first-order valence-corrected chi connectivity index (χ1v) is 8.92. The zero-order chi connectivity index (χ0) is 18.0. The number of nitrogens with zero attached hydrogens (tertiary/aromatic N) is 2. The second-order valence-corrected chi connectivity index (χ2v) is 7.32. The van der Waals surface area contributed by atoms with E-state index >= 15 is 0 Å². The molecule has 1 aromatic heterocycles. The lowest BCUT2D eigenvalue weighted by Crippen LogP contribution is -2.38. The fourth-order valence-electron chi connectivity index (χ4n) is 4.08. The van der Waals surface area contributed by atoms with Crippen molar-refractivity contribution in [3.05, 3.63) is 59.4 Å². The van der Waals surface area contributed by atoms with E-state index in [1.807, 2.05) is 30.3 Å². The van der Waals surface area contributed by atoms with Gasteiger partial charge in [-0.2, -0.15) is 0 Å². The Morgan fingerprint density at radius 3 is 2.76 bits per heavy atom. The highest BCUT2D eigenvalue weighted by Gasteiger charge is 2.49. The first-order valence-electron chi connectivity index (χ1n) is 8.92. The maximum Gasteiger partial charge on any atom is 0.119 e. The fraction of sp³-hybridized carbons (Fsp3) is 0.476. The van der Waals surface area contributed by atoms with E-state index in [0.29, 0.717) is 0 Å². The number of rotatable bonds is 6. The monoisotopic (exact) mass is 340 g/mol. The largest absolute Gasteiger partial charge is 0.497 e. The van der Waals surface area contributed by atoms with Crippen LogP contribution in [-0.4, -0.2) is 42.7 Å². The molecular weight excluding hydrogens is 312 g/mol. The molecule has 0 fully saturated rings. The van der Waals surface area contributed by atoms with Crippen LogP contribution in [0.1, 0.15) is 36.1 Å². The van der Waals surface area contributed by atoms with Gasteiger partial charge in [0, 0.05) is 17.8 Å². The summed E-state index contributed by atoms with van der Waals surface area (Å²) in [6, 6.07) is 12.0. The second kappa shape index (κ2) is 7.14. The minimum atomic E-state index is -0.911. The van der Waals surface area contributed by atoms with Gasteiger partial charge in [0.05, 0.1) is 7.11 Å². The predicted molar refractivity (Wildman–Crippen MR) is 99.9 cm³/mol. The van der Waals surface area contributed by atoms with E-state index in [1.54, 1.807) is 13.3 Å². The van der Waals surface area contributed by atoms with Crippen LogP contribution >= 0.6 is 0 Å². The standard InChI is InChI=1S/C21H28N2O2/c1-15(20-7-5-6-11-22-20)21(24)17(10-12-23(2)3)13-16-14-18(25-4)8-9-19(16)21/h5-9,11,14-15,17,24H,10,12-13H2,1-4H3. The normalized spacial score (nSPS) is 23.5. The molecule has 3 atom stereocenters. The molecule has 0 aliphatic heterocycles. The van der Waals surface area contributed by atoms with E-state index in [0.717, 1.165) is 36.4 Å². The zero-order valence-electron chi connectivity index (χ0n) is 15.6. The van der Waals surface area contributed by atoms with Gasteiger partial charge in [-0.15, -0.1) is 0 Å². The van der Waals surface area contributed by atoms with Crippen molar-refractivity contribution in [3.63, 3.8) is 0 Å². The van der Waals surface area contributed by atoms with Gasteiger partial charge in [-0.3, -0.25) is 4.98 Å². The highest BCUT2D eigenvalue weighted by atomic mass is 16.5. The molecule has 0 radical (unpaired) electrons. The lowest BCUT2D eigenvalue weighted by atomic mass is 9.74. The zero-order valence-corrected chi connectivity index (χ0v) is 15.6. The summed E-state index contributed by atoms with van der Waals surface area (Å²) in [7, 11) is 5.83. The summed E-state index contributed by atoms with van der Waals surface area (Å²) < 4.78 is 5.38. The minimum absolute atomic E-state index is 0.0736. The van der Waals surface area contributed by atoms with Gasteiger partial charge in [-0.05, 0) is 74.8 Å². The first kappa shape index (κ1) is 17.9. The molecule has 1 aliphatic carbocycles. The Balaban J connectivity index is 2.02. The molecule has 1 aliphatic rings. The number of hydrogen-bond donors (Lipinski definition) is 1. The number of pyridine rings is 1. The van der Waals surface area contributed by atoms with Crippen LogP contribution in [0.4, 0.5) is 0 Å². The average molecular weight is 340 g/mol. The van der Waals surface area contributed by atoms with Gasteiger partial charge in [-0.1, -0.05) is 19.1 Å². The maximum atomic E-state index is 11.9. The summed E-state index contributed by atoms with van der Waals surface area (Å²) >= 11 is 0. The van der Waals surface area contributed by atoms with Gasteiger partial charge in [0.1, 0.15) is 11.4 Å².